The minimum absolute atomic E-state index is 0.185. The van der Waals surface area contributed by atoms with Crippen molar-refractivity contribution < 1.29 is 18.7 Å². The second-order valence-corrected chi connectivity index (χ2v) is 4.87. The molecule has 1 N–H and O–H groups in total. The van der Waals surface area contributed by atoms with Crippen LogP contribution in [0.1, 0.15) is 13.8 Å². The predicted molar refractivity (Wildman–Crippen MR) is 75.0 cm³/mol. The van der Waals surface area contributed by atoms with Crippen molar-refractivity contribution in [3.8, 4) is 0 Å². The van der Waals surface area contributed by atoms with Gasteiger partial charge in [0.15, 0.2) is 5.58 Å². The van der Waals surface area contributed by atoms with E-state index >= 15 is 0 Å². The van der Waals surface area contributed by atoms with E-state index in [1.54, 1.807) is 38.1 Å². The van der Waals surface area contributed by atoms with Crippen LogP contribution in [0.2, 0.25) is 0 Å². The van der Waals surface area contributed by atoms with Crippen molar-refractivity contribution >= 4 is 23.1 Å². The molecule has 7 nitrogen and oxygen atoms in total. The summed E-state index contributed by atoms with van der Waals surface area (Å²) in [5.41, 5.74) is 0.643. The number of nitrogens with zero attached hydrogens (tertiary/aromatic N) is 1. The van der Waals surface area contributed by atoms with Gasteiger partial charge in [-0.15, -0.1) is 0 Å². The summed E-state index contributed by atoms with van der Waals surface area (Å²) in [6, 6.07) is 4.97. The Bertz CT molecular complexity index is 728. The fourth-order valence-corrected chi connectivity index (χ4v) is 1.98. The average Bonchev–Trinajstić information content (AvgIpc) is 2.79. The van der Waals surface area contributed by atoms with Gasteiger partial charge >= 0.3 is 17.8 Å². The zero-order valence-corrected chi connectivity index (χ0v) is 12.0. The third-order valence-corrected chi connectivity index (χ3v) is 3.09. The van der Waals surface area contributed by atoms with Crippen LogP contribution in [0.15, 0.2) is 33.5 Å². The van der Waals surface area contributed by atoms with Gasteiger partial charge in [0.25, 0.3) is 0 Å². The van der Waals surface area contributed by atoms with E-state index in [2.05, 4.69) is 10.1 Å². The Hall–Kier alpha value is -2.57. The van der Waals surface area contributed by atoms with Gasteiger partial charge in [-0.3, -0.25) is 0 Å². The first-order chi connectivity index (χ1) is 9.95. The second kappa shape index (κ2) is 5.82. The molecule has 1 amide bonds. The Morgan fingerprint density at radius 1 is 1.29 bits per heavy atom. The van der Waals surface area contributed by atoms with Crippen molar-refractivity contribution in [3.63, 3.8) is 0 Å². The number of hydrogen-bond acceptors (Lipinski definition) is 5. The number of para-hydroxylation sites is 2. The number of oxazole rings is 1. The number of carbonyl (C=O) groups excluding carboxylic acids is 2. The van der Waals surface area contributed by atoms with Crippen LogP contribution < -0.4 is 11.1 Å². The molecule has 0 fully saturated rings. The first-order valence-electron chi connectivity index (χ1n) is 6.45. The van der Waals surface area contributed by atoms with Crippen LogP contribution in [0, 0.1) is 5.92 Å². The highest BCUT2D eigenvalue weighted by Crippen LogP contribution is 2.12. The van der Waals surface area contributed by atoms with Crippen molar-refractivity contribution in [1.82, 2.24) is 9.88 Å². The highest BCUT2D eigenvalue weighted by Gasteiger charge is 2.27. The summed E-state index contributed by atoms with van der Waals surface area (Å²) in [4.78, 5) is 35.7. The lowest BCUT2D eigenvalue weighted by atomic mass is 10.1. The van der Waals surface area contributed by atoms with E-state index in [-0.39, 0.29) is 5.92 Å². The van der Waals surface area contributed by atoms with E-state index < -0.39 is 23.8 Å². The number of ether oxygens (including phenoxy) is 1. The monoisotopic (exact) mass is 292 g/mol. The normalized spacial score (nSPS) is 12.4. The quantitative estimate of drug-likeness (QED) is 0.862. The summed E-state index contributed by atoms with van der Waals surface area (Å²) in [5, 5.41) is 2.49. The van der Waals surface area contributed by atoms with Crippen molar-refractivity contribution in [2.75, 3.05) is 7.11 Å². The number of aromatic nitrogens is 1. The van der Waals surface area contributed by atoms with Gasteiger partial charge < -0.3 is 14.5 Å². The molecule has 7 heteroatoms. The number of nitrogens with one attached hydrogen (secondary N) is 1. The number of fused-ring (bicyclic) bond motifs is 1. The molecule has 0 saturated heterocycles. The highest BCUT2D eigenvalue weighted by atomic mass is 16.5. The summed E-state index contributed by atoms with van der Waals surface area (Å²) < 4.78 is 10.5. The van der Waals surface area contributed by atoms with Gasteiger partial charge in [-0.1, -0.05) is 26.0 Å². The molecule has 0 aliphatic carbocycles. The fraction of sp³-hybridized carbons (Fsp3) is 0.357. The Balaban J connectivity index is 2.36. The van der Waals surface area contributed by atoms with Crippen LogP contribution in [0.4, 0.5) is 4.79 Å². The lowest BCUT2D eigenvalue weighted by molar-refractivity contribution is -0.143. The lowest BCUT2D eigenvalue weighted by Crippen LogP contribution is -2.48. The number of esters is 1. The van der Waals surface area contributed by atoms with E-state index in [1.807, 2.05) is 0 Å². The molecule has 2 aromatic rings. The highest BCUT2D eigenvalue weighted by molar-refractivity contribution is 5.90. The summed E-state index contributed by atoms with van der Waals surface area (Å²) >= 11 is 0. The van der Waals surface area contributed by atoms with Gasteiger partial charge in [0, 0.05) is 0 Å². The maximum absolute atomic E-state index is 12.3. The second-order valence-electron chi connectivity index (χ2n) is 4.87. The van der Waals surface area contributed by atoms with Crippen molar-refractivity contribution in [2.45, 2.75) is 19.9 Å². The average molecular weight is 292 g/mol. The van der Waals surface area contributed by atoms with E-state index in [0.717, 1.165) is 4.57 Å². The molecule has 0 saturated carbocycles. The van der Waals surface area contributed by atoms with Crippen LogP contribution in [0.25, 0.3) is 11.1 Å². The van der Waals surface area contributed by atoms with Crippen molar-refractivity contribution in [2.24, 2.45) is 5.92 Å². The number of carbonyl (C=O) groups is 2. The summed E-state index contributed by atoms with van der Waals surface area (Å²) in [7, 11) is 1.24. The Morgan fingerprint density at radius 3 is 2.57 bits per heavy atom. The molecule has 21 heavy (non-hydrogen) atoms. The molecule has 1 aromatic carbocycles. The Labute approximate surface area is 120 Å². The molecule has 0 spiro atoms. The standard InChI is InChI=1S/C14H16N2O5/c1-8(2)11(12(17)20-3)15-13(18)16-9-6-4-5-7-10(9)21-14(16)19/h4-8,11H,1-3H3,(H,15,18). The van der Waals surface area contributed by atoms with E-state index in [0.29, 0.717) is 11.1 Å². The third kappa shape index (κ3) is 2.81. The molecule has 0 radical (unpaired) electrons. The minimum atomic E-state index is -0.844. The Kier molecular flexibility index (Phi) is 4.11. The first-order valence-corrected chi connectivity index (χ1v) is 6.45. The van der Waals surface area contributed by atoms with Gasteiger partial charge in [0.2, 0.25) is 0 Å². The van der Waals surface area contributed by atoms with Crippen LogP contribution in [-0.2, 0) is 9.53 Å². The molecule has 1 aromatic heterocycles. The zero-order valence-electron chi connectivity index (χ0n) is 12.0. The van der Waals surface area contributed by atoms with Crippen LogP contribution in [-0.4, -0.2) is 29.7 Å². The summed E-state index contributed by atoms with van der Waals surface area (Å²) in [6.07, 6.45) is 0. The number of methoxy groups -OCH3 is 1. The van der Waals surface area contributed by atoms with Gasteiger partial charge in [-0.05, 0) is 18.1 Å². The maximum atomic E-state index is 12.3. The van der Waals surface area contributed by atoms with Crippen molar-refractivity contribution in [3.05, 3.63) is 34.8 Å². The Morgan fingerprint density at radius 2 is 1.95 bits per heavy atom. The van der Waals surface area contributed by atoms with Gasteiger partial charge in [-0.25, -0.2) is 14.4 Å². The third-order valence-electron chi connectivity index (χ3n) is 3.09. The molecule has 0 bridgehead atoms. The molecule has 0 aliphatic rings. The van der Waals surface area contributed by atoms with Gasteiger partial charge in [0.05, 0.1) is 12.6 Å². The van der Waals surface area contributed by atoms with Crippen LogP contribution in [0.5, 0.6) is 0 Å². The number of amides is 1. The zero-order chi connectivity index (χ0) is 15.6. The SMILES string of the molecule is COC(=O)C(NC(=O)n1c(=O)oc2ccccc21)C(C)C. The first kappa shape index (κ1) is 14.8. The smallest absolute Gasteiger partial charge is 0.428 e. The molecule has 1 unspecified atom stereocenters. The predicted octanol–water partition coefficient (Wildman–Crippen LogP) is 1.35. The molecule has 2 rings (SSSR count). The summed E-state index contributed by atoms with van der Waals surface area (Å²) in [6.45, 7) is 3.52. The van der Waals surface area contributed by atoms with Crippen molar-refractivity contribution in [1.29, 1.82) is 0 Å². The maximum Gasteiger partial charge on any atom is 0.428 e. The van der Waals surface area contributed by atoms with Gasteiger partial charge in [-0.2, -0.15) is 4.57 Å². The molecular weight excluding hydrogens is 276 g/mol. The molecule has 112 valence electrons. The van der Waals surface area contributed by atoms with E-state index in [1.165, 1.54) is 7.11 Å². The fourth-order valence-electron chi connectivity index (χ4n) is 1.98. The molecule has 0 aliphatic heterocycles. The van der Waals surface area contributed by atoms with E-state index in [4.69, 9.17) is 4.42 Å². The van der Waals surface area contributed by atoms with Crippen LogP contribution >= 0.6 is 0 Å². The largest absolute Gasteiger partial charge is 0.467 e. The summed E-state index contributed by atoms with van der Waals surface area (Å²) in [5.74, 6) is -1.56. The topological polar surface area (TPSA) is 90.5 Å². The number of hydrogen-bond donors (Lipinski definition) is 1. The van der Waals surface area contributed by atoms with E-state index in [9.17, 15) is 14.4 Å². The molecular formula is C14H16N2O5. The van der Waals surface area contributed by atoms with Crippen LogP contribution in [0.3, 0.4) is 0 Å². The number of rotatable bonds is 3. The molecule has 1 atom stereocenters. The molecule has 1 heterocycles. The van der Waals surface area contributed by atoms with Gasteiger partial charge in [0.1, 0.15) is 6.04 Å². The minimum Gasteiger partial charge on any atom is -0.467 e. The lowest BCUT2D eigenvalue weighted by Gasteiger charge is -2.19. The number of benzene rings is 1.